The molecule has 3 rings (SSSR count). The van der Waals surface area contributed by atoms with Crippen molar-refractivity contribution in [1.29, 1.82) is 0 Å². The zero-order valence-electron chi connectivity index (χ0n) is 14.7. The van der Waals surface area contributed by atoms with Crippen LogP contribution in [0.5, 0.6) is 0 Å². The second-order valence-electron chi connectivity index (χ2n) is 8.00. The summed E-state index contributed by atoms with van der Waals surface area (Å²) in [6.45, 7) is 1.11. The van der Waals surface area contributed by atoms with Crippen LogP contribution in [-0.4, -0.2) is 73.4 Å². The number of hydrogen-bond donors (Lipinski definition) is 2. The lowest BCUT2D eigenvalue weighted by molar-refractivity contribution is -0.0681. The second kappa shape index (κ2) is 7.36. The fourth-order valence-electron chi connectivity index (χ4n) is 5.41. The maximum atomic E-state index is 10.3. The van der Waals surface area contributed by atoms with E-state index >= 15 is 0 Å². The van der Waals surface area contributed by atoms with E-state index in [-0.39, 0.29) is 24.4 Å². The van der Waals surface area contributed by atoms with E-state index in [0.29, 0.717) is 23.8 Å². The number of ether oxygens (including phenoxy) is 2. The molecule has 1 saturated heterocycles. The lowest BCUT2D eigenvalue weighted by atomic mass is 9.72. The minimum Gasteiger partial charge on any atom is -0.390 e. The summed E-state index contributed by atoms with van der Waals surface area (Å²) in [5.74, 6) is 1.78. The van der Waals surface area contributed by atoms with E-state index in [4.69, 9.17) is 9.47 Å². The molecule has 0 radical (unpaired) electrons. The summed E-state index contributed by atoms with van der Waals surface area (Å²) in [5, 5.41) is 20.6. The Balaban J connectivity index is 1.60. The van der Waals surface area contributed by atoms with Crippen LogP contribution >= 0.6 is 0 Å². The molecule has 8 atom stereocenters. The van der Waals surface area contributed by atoms with Crippen LogP contribution in [0.1, 0.15) is 38.5 Å². The Bertz CT molecular complexity index is 393. The Morgan fingerprint density at radius 1 is 0.957 bits per heavy atom. The summed E-state index contributed by atoms with van der Waals surface area (Å²) in [4.78, 5) is 2.48. The van der Waals surface area contributed by atoms with E-state index < -0.39 is 0 Å². The first kappa shape index (κ1) is 17.6. The standard InChI is InChI=1S/C18H33NO4/c1-19-10-12-8-18(23-3)16(21)9-13(12)14(19)6-11-4-5-17(22-2)15(20)7-11/h11-18,20-21H,4-10H2,1-3H3. The summed E-state index contributed by atoms with van der Waals surface area (Å²) >= 11 is 0. The highest BCUT2D eigenvalue weighted by Crippen LogP contribution is 2.44. The normalized spacial score (nSPS) is 48.4. The van der Waals surface area contributed by atoms with Gasteiger partial charge in [-0.25, -0.2) is 0 Å². The maximum absolute atomic E-state index is 10.3. The van der Waals surface area contributed by atoms with Crippen LogP contribution < -0.4 is 0 Å². The first-order valence-corrected chi connectivity index (χ1v) is 9.15. The molecule has 0 bridgehead atoms. The first-order valence-electron chi connectivity index (χ1n) is 9.15. The molecule has 0 amide bonds. The third-order valence-corrected chi connectivity index (χ3v) is 6.71. The second-order valence-corrected chi connectivity index (χ2v) is 8.00. The Hall–Kier alpha value is -0.200. The molecule has 0 spiro atoms. The van der Waals surface area contributed by atoms with Crippen molar-refractivity contribution < 1.29 is 19.7 Å². The van der Waals surface area contributed by atoms with E-state index in [1.54, 1.807) is 14.2 Å². The summed E-state index contributed by atoms with van der Waals surface area (Å²) in [7, 11) is 5.62. The SMILES string of the molecule is COC1CCC(CC2C3CC(O)C(OC)CC3CN2C)CC1O. The summed E-state index contributed by atoms with van der Waals surface area (Å²) < 4.78 is 10.8. The molecule has 0 aromatic heterocycles. The molecule has 1 heterocycles. The van der Waals surface area contributed by atoms with Crippen molar-refractivity contribution in [2.75, 3.05) is 27.8 Å². The van der Waals surface area contributed by atoms with Crippen molar-refractivity contribution in [2.24, 2.45) is 17.8 Å². The van der Waals surface area contributed by atoms with Gasteiger partial charge in [0.25, 0.3) is 0 Å². The van der Waals surface area contributed by atoms with Crippen LogP contribution in [0.15, 0.2) is 0 Å². The molecule has 3 aliphatic rings. The average molecular weight is 327 g/mol. The number of fused-ring (bicyclic) bond motifs is 1. The molecule has 5 heteroatoms. The Morgan fingerprint density at radius 2 is 1.65 bits per heavy atom. The molecule has 1 aliphatic heterocycles. The van der Waals surface area contributed by atoms with Crippen molar-refractivity contribution in [3.8, 4) is 0 Å². The van der Waals surface area contributed by atoms with Crippen molar-refractivity contribution in [2.45, 2.75) is 69.0 Å². The van der Waals surface area contributed by atoms with Crippen LogP contribution in [0, 0.1) is 17.8 Å². The van der Waals surface area contributed by atoms with Gasteiger partial charge in [0.15, 0.2) is 0 Å². The lowest BCUT2D eigenvalue weighted by Gasteiger charge is -2.39. The molecule has 5 nitrogen and oxygen atoms in total. The Morgan fingerprint density at radius 3 is 2.30 bits per heavy atom. The number of hydrogen-bond acceptors (Lipinski definition) is 5. The number of aliphatic hydroxyl groups is 2. The number of methoxy groups -OCH3 is 2. The van der Waals surface area contributed by atoms with E-state index in [1.807, 2.05) is 0 Å². The van der Waals surface area contributed by atoms with Gasteiger partial charge >= 0.3 is 0 Å². The third kappa shape index (κ3) is 3.59. The molecule has 0 aromatic carbocycles. The van der Waals surface area contributed by atoms with Gasteiger partial charge in [-0.2, -0.15) is 0 Å². The van der Waals surface area contributed by atoms with E-state index in [0.717, 1.165) is 45.1 Å². The van der Waals surface area contributed by atoms with Crippen molar-refractivity contribution in [3.05, 3.63) is 0 Å². The van der Waals surface area contributed by atoms with Gasteiger partial charge in [0.05, 0.1) is 24.4 Å². The predicted molar refractivity (Wildman–Crippen MR) is 88.2 cm³/mol. The van der Waals surface area contributed by atoms with Crippen molar-refractivity contribution in [3.63, 3.8) is 0 Å². The zero-order valence-corrected chi connectivity index (χ0v) is 14.7. The molecule has 134 valence electrons. The fourth-order valence-corrected chi connectivity index (χ4v) is 5.41. The molecular formula is C18H33NO4. The highest BCUT2D eigenvalue weighted by molar-refractivity contribution is 4.99. The molecule has 3 fully saturated rings. The van der Waals surface area contributed by atoms with Crippen LogP contribution in [0.25, 0.3) is 0 Å². The van der Waals surface area contributed by atoms with Gasteiger partial charge in [0, 0.05) is 26.8 Å². The molecule has 2 aliphatic carbocycles. The smallest absolute Gasteiger partial charge is 0.0833 e. The largest absolute Gasteiger partial charge is 0.390 e. The van der Waals surface area contributed by atoms with Gasteiger partial charge in [-0.15, -0.1) is 0 Å². The zero-order chi connectivity index (χ0) is 16.6. The quantitative estimate of drug-likeness (QED) is 0.814. The summed E-state index contributed by atoms with van der Waals surface area (Å²) in [5.41, 5.74) is 0. The molecule has 8 unspecified atom stereocenters. The van der Waals surface area contributed by atoms with E-state index in [2.05, 4.69) is 11.9 Å². The van der Waals surface area contributed by atoms with E-state index in [1.165, 1.54) is 0 Å². The molecule has 2 N–H and O–H groups in total. The molecule has 23 heavy (non-hydrogen) atoms. The van der Waals surface area contributed by atoms with Gasteiger partial charge < -0.3 is 24.6 Å². The third-order valence-electron chi connectivity index (χ3n) is 6.71. The lowest BCUT2D eigenvalue weighted by Crippen LogP contribution is -2.43. The van der Waals surface area contributed by atoms with E-state index in [9.17, 15) is 10.2 Å². The number of rotatable bonds is 4. The van der Waals surface area contributed by atoms with Crippen LogP contribution in [0.2, 0.25) is 0 Å². The highest BCUT2D eigenvalue weighted by atomic mass is 16.5. The minimum atomic E-state index is -0.329. The Labute approximate surface area is 140 Å². The van der Waals surface area contributed by atoms with Gasteiger partial charge in [-0.05, 0) is 63.3 Å². The van der Waals surface area contributed by atoms with Crippen molar-refractivity contribution >= 4 is 0 Å². The number of likely N-dealkylation sites (tertiary alicyclic amines) is 1. The van der Waals surface area contributed by atoms with Crippen LogP contribution in [-0.2, 0) is 9.47 Å². The first-order chi connectivity index (χ1) is 11.0. The Kier molecular flexibility index (Phi) is 5.64. The van der Waals surface area contributed by atoms with Crippen LogP contribution in [0.3, 0.4) is 0 Å². The molecular weight excluding hydrogens is 294 g/mol. The van der Waals surface area contributed by atoms with Gasteiger partial charge in [-0.1, -0.05) is 0 Å². The molecule has 0 aromatic rings. The van der Waals surface area contributed by atoms with Gasteiger partial charge in [0.2, 0.25) is 0 Å². The topological polar surface area (TPSA) is 62.2 Å². The highest BCUT2D eigenvalue weighted by Gasteiger charge is 2.47. The molecule has 2 saturated carbocycles. The van der Waals surface area contributed by atoms with Gasteiger partial charge in [0.1, 0.15) is 0 Å². The van der Waals surface area contributed by atoms with Gasteiger partial charge in [-0.3, -0.25) is 0 Å². The predicted octanol–water partition coefficient (Wildman–Crippen LogP) is 1.27. The number of nitrogens with zero attached hydrogens (tertiary/aromatic N) is 1. The summed E-state index contributed by atoms with van der Waals surface area (Å²) in [6.07, 6.45) is 5.28. The monoisotopic (exact) mass is 327 g/mol. The summed E-state index contributed by atoms with van der Waals surface area (Å²) in [6, 6.07) is 0.531. The minimum absolute atomic E-state index is 0.00219. The van der Waals surface area contributed by atoms with Crippen LogP contribution in [0.4, 0.5) is 0 Å². The van der Waals surface area contributed by atoms with Crippen molar-refractivity contribution in [1.82, 2.24) is 4.90 Å². The maximum Gasteiger partial charge on any atom is 0.0833 e. The fraction of sp³-hybridized carbons (Fsp3) is 1.00. The number of aliphatic hydroxyl groups excluding tert-OH is 2. The average Bonchev–Trinajstić information content (AvgIpc) is 2.82.